The van der Waals surface area contributed by atoms with E-state index >= 15 is 0 Å². The minimum atomic E-state index is 0.176. The molecule has 4 heteroatoms. The Bertz CT molecular complexity index is 210. The number of carbonyl (C=O) groups is 1. The molecule has 0 aromatic rings. The minimum Gasteiger partial charge on any atom is -0.344 e. The lowest BCUT2D eigenvalue weighted by Gasteiger charge is -2.26. The molecule has 1 saturated heterocycles. The van der Waals surface area contributed by atoms with Crippen LogP contribution in [0.4, 0.5) is 0 Å². The second kappa shape index (κ2) is 3.60. The molecule has 1 fully saturated rings. The first kappa shape index (κ1) is 8.37. The highest BCUT2D eigenvalue weighted by atomic mass is 32.1. The van der Waals surface area contributed by atoms with Crippen LogP contribution in [0.5, 0.6) is 0 Å². The molecule has 0 radical (unpaired) electrons. The highest BCUT2D eigenvalue weighted by Gasteiger charge is 2.21. The number of likely N-dealkylation sites (N-methyl/N-ethyl adjacent to an activating group) is 1. The zero-order valence-corrected chi connectivity index (χ0v) is 7.23. The van der Waals surface area contributed by atoms with E-state index in [2.05, 4.69) is 22.4 Å². The monoisotopic (exact) mass is 170 g/mol. The SMILES string of the molecule is CN1CC(N=C=S)CCC1=O. The van der Waals surface area contributed by atoms with Crippen molar-refractivity contribution in [3.05, 3.63) is 0 Å². The number of nitrogens with zero attached hydrogens (tertiary/aromatic N) is 2. The Morgan fingerprint density at radius 1 is 1.82 bits per heavy atom. The van der Waals surface area contributed by atoms with Crippen LogP contribution in [0.2, 0.25) is 0 Å². The molecule has 1 rings (SSSR count). The minimum absolute atomic E-state index is 0.176. The number of piperidine rings is 1. The zero-order chi connectivity index (χ0) is 8.27. The Kier molecular flexibility index (Phi) is 2.74. The molecule has 0 aromatic carbocycles. The van der Waals surface area contributed by atoms with Gasteiger partial charge in [-0.1, -0.05) is 0 Å². The van der Waals surface area contributed by atoms with Crippen LogP contribution in [0.15, 0.2) is 4.99 Å². The van der Waals surface area contributed by atoms with Gasteiger partial charge in [0.15, 0.2) is 0 Å². The van der Waals surface area contributed by atoms with Crippen LogP contribution in [-0.4, -0.2) is 35.6 Å². The topological polar surface area (TPSA) is 32.7 Å². The number of hydrogen-bond donors (Lipinski definition) is 0. The van der Waals surface area contributed by atoms with E-state index in [1.54, 1.807) is 11.9 Å². The van der Waals surface area contributed by atoms with E-state index in [0.29, 0.717) is 13.0 Å². The smallest absolute Gasteiger partial charge is 0.222 e. The van der Waals surface area contributed by atoms with Crippen LogP contribution in [0.25, 0.3) is 0 Å². The summed E-state index contributed by atoms with van der Waals surface area (Å²) in [6.45, 7) is 0.683. The van der Waals surface area contributed by atoms with Gasteiger partial charge in [0.1, 0.15) is 0 Å². The van der Waals surface area contributed by atoms with Gasteiger partial charge in [-0.05, 0) is 18.6 Å². The molecule has 0 N–H and O–H groups in total. The Balaban J connectivity index is 2.52. The fourth-order valence-corrected chi connectivity index (χ4v) is 1.32. The summed E-state index contributed by atoms with van der Waals surface area (Å²) >= 11 is 4.48. The van der Waals surface area contributed by atoms with Gasteiger partial charge in [-0.3, -0.25) is 4.79 Å². The second-order valence-electron chi connectivity index (χ2n) is 2.69. The molecule has 0 saturated carbocycles. The number of thiocarbonyl (C=S) groups is 1. The van der Waals surface area contributed by atoms with Crippen LogP contribution in [0.1, 0.15) is 12.8 Å². The van der Waals surface area contributed by atoms with Crippen molar-refractivity contribution >= 4 is 23.3 Å². The lowest BCUT2D eigenvalue weighted by molar-refractivity contribution is -0.132. The van der Waals surface area contributed by atoms with Crippen molar-refractivity contribution in [3.63, 3.8) is 0 Å². The highest BCUT2D eigenvalue weighted by molar-refractivity contribution is 7.78. The van der Waals surface area contributed by atoms with Crippen molar-refractivity contribution in [2.75, 3.05) is 13.6 Å². The van der Waals surface area contributed by atoms with E-state index in [1.807, 2.05) is 0 Å². The summed E-state index contributed by atoms with van der Waals surface area (Å²) in [5, 5.41) is 2.34. The van der Waals surface area contributed by atoms with Crippen LogP contribution in [0, 0.1) is 0 Å². The fraction of sp³-hybridized carbons (Fsp3) is 0.714. The molecule has 11 heavy (non-hydrogen) atoms. The predicted octanol–water partition coefficient (Wildman–Crippen LogP) is 0.710. The number of carbonyl (C=O) groups excluding carboxylic acids is 1. The quantitative estimate of drug-likeness (QED) is 0.429. The highest BCUT2D eigenvalue weighted by Crippen LogP contribution is 2.11. The molecule has 1 aliphatic heterocycles. The molecule has 0 bridgehead atoms. The molecular formula is C7H10N2OS. The lowest BCUT2D eigenvalue weighted by Crippen LogP contribution is -2.38. The van der Waals surface area contributed by atoms with Gasteiger partial charge < -0.3 is 4.90 Å². The number of hydrogen-bond acceptors (Lipinski definition) is 3. The molecule has 0 spiro atoms. The third-order valence-corrected chi connectivity index (χ3v) is 1.94. The maximum absolute atomic E-state index is 11.0. The third-order valence-electron chi connectivity index (χ3n) is 1.84. The van der Waals surface area contributed by atoms with E-state index in [4.69, 9.17) is 0 Å². The second-order valence-corrected chi connectivity index (χ2v) is 2.87. The Morgan fingerprint density at radius 3 is 3.09 bits per heavy atom. The van der Waals surface area contributed by atoms with Crippen molar-refractivity contribution in [3.8, 4) is 0 Å². The Morgan fingerprint density at radius 2 is 2.55 bits per heavy atom. The molecule has 1 amide bonds. The molecule has 3 nitrogen and oxygen atoms in total. The summed E-state index contributed by atoms with van der Waals surface area (Å²) < 4.78 is 0. The van der Waals surface area contributed by atoms with Crippen molar-refractivity contribution in [2.24, 2.45) is 4.99 Å². The number of isothiocyanates is 1. The zero-order valence-electron chi connectivity index (χ0n) is 6.41. The van der Waals surface area contributed by atoms with E-state index < -0.39 is 0 Å². The number of amides is 1. The first-order valence-electron chi connectivity index (χ1n) is 3.55. The lowest BCUT2D eigenvalue weighted by atomic mass is 10.1. The van der Waals surface area contributed by atoms with Gasteiger partial charge in [-0.2, -0.15) is 0 Å². The maximum Gasteiger partial charge on any atom is 0.222 e. The molecular weight excluding hydrogens is 160 g/mol. The number of rotatable bonds is 1. The van der Waals surface area contributed by atoms with Crippen LogP contribution in [0.3, 0.4) is 0 Å². The average Bonchev–Trinajstić information content (AvgIpc) is 1.98. The van der Waals surface area contributed by atoms with Crippen LogP contribution in [-0.2, 0) is 4.79 Å². The molecule has 1 atom stereocenters. The van der Waals surface area contributed by atoms with Gasteiger partial charge in [-0.15, -0.1) is 0 Å². The summed E-state index contributed by atoms with van der Waals surface area (Å²) in [6.07, 6.45) is 1.40. The average molecular weight is 170 g/mol. The van der Waals surface area contributed by atoms with Crippen molar-refractivity contribution in [1.82, 2.24) is 4.90 Å². The largest absolute Gasteiger partial charge is 0.344 e. The van der Waals surface area contributed by atoms with Crippen molar-refractivity contribution < 1.29 is 4.79 Å². The van der Waals surface area contributed by atoms with E-state index in [9.17, 15) is 4.79 Å². The van der Waals surface area contributed by atoms with Gasteiger partial charge >= 0.3 is 0 Å². The van der Waals surface area contributed by atoms with Crippen molar-refractivity contribution in [1.29, 1.82) is 0 Å². The third kappa shape index (κ3) is 2.10. The fourth-order valence-electron chi connectivity index (χ4n) is 1.17. The Hall–Kier alpha value is -0.730. The van der Waals surface area contributed by atoms with E-state index in [0.717, 1.165) is 6.42 Å². The van der Waals surface area contributed by atoms with Gasteiger partial charge in [0.2, 0.25) is 5.91 Å². The van der Waals surface area contributed by atoms with Gasteiger partial charge in [0.05, 0.1) is 11.2 Å². The Labute approximate surface area is 71.1 Å². The molecule has 1 unspecified atom stereocenters. The summed E-state index contributed by atoms with van der Waals surface area (Å²) in [5.74, 6) is 0.195. The first-order valence-corrected chi connectivity index (χ1v) is 3.96. The van der Waals surface area contributed by atoms with Gasteiger partial charge in [0.25, 0.3) is 0 Å². The van der Waals surface area contributed by atoms with E-state index in [-0.39, 0.29) is 11.9 Å². The number of aliphatic imine (C=N–C) groups is 1. The summed E-state index contributed by atoms with van der Waals surface area (Å²) in [7, 11) is 1.79. The van der Waals surface area contributed by atoms with Gasteiger partial charge in [0, 0.05) is 20.0 Å². The number of likely N-dealkylation sites (tertiary alicyclic amines) is 1. The molecule has 1 aliphatic rings. The van der Waals surface area contributed by atoms with Crippen LogP contribution >= 0.6 is 12.2 Å². The summed E-state index contributed by atoms with van der Waals surface area (Å²) in [5.41, 5.74) is 0. The molecule has 0 aliphatic carbocycles. The summed E-state index contributed by atoms with van der Waals surface area (Å²) in [4.78, 5) is 16.6. The van der Waals surface area contributed by atoms with Crippen LogP contribution < -0.4 is 0 Å². The standard InChI is InChI=1S/C7H10N2OS/c1-9-4-6(8-5-11)2-3-7(9)10/h6H,2-4H2,1H3. The van der Waals surface area contributed by atoms with E-state index in [1.165, 1.54) is 0 Å². The van der Waals surface area contributed by atoms with Gasteiger partial charge in [-0.25, -0.2) is 4.99 Å². The maximum atomic E-state index is 11.0. The van der Waals surface area contributed by atoms with Crippen molar-refractivity contribution in [2.45, 2.75) is 18.9 Å². The molecule has 60 valence electrons. The normalized spacial score (nSPS) is 24.6. The molecule has 0 aromatic heterocycles. The molecule has 1 heterocycles. The predicted molar refractivity (Wildman–Crippen MR) is 45.7 cm³/mol. The first-order chi connectivity index (χ1) is 5.24. The summed E-state index contributed by atoms with van der Waals surface area (Å²) in [6, 6.07) is 0.176.